The van der Waals surface area contributed by atoms with Crippen molar-refractivity contribution in [3.8, 4) is 29.1 Å². The number of hydrogen-bond donors (Lipinski definition) is 2. The molecule has 0 unspecified atom stereocenters. The number of thiophene rings is 1. The number of hydrogen-bond acceptors (Lipinski definition) is 9. The van der Waals surface area contributed by atoms with Crippen LogP contribution in [0.4, 0.5) is 23.0 Å². The number of amides is 1. The Bertz CT molecular complexity index is 1950. The SMILES string of the molecule is CC(C)(C)OC(=O)Nc1sc2c(F)ccc(-c3c(Cl)cc4c(O)nc(OC[C@@]56CCCN5C/C(=C\F)C6)nc4c3F)c2c1C#N. The molecule has 2 saturated heterocycles. The van der Waals surface area contributed by atoms with Gasteiger partial charge in [0.1, 0.15) is 34.6 Å². The number of benzene rings is 2. The van der Waals surface area contributed by atoms with Crippen LogP contribution in [0.1, 0.15) is 45.6 Å². The summed E-state index contributed by atoms with van der Waals surface area (Å²) < 4.78 is 56.0. The largest absolute Gasteiger partial charge is 0.493 e. The van der Waals surface area contributed by atoms with E-state index in [-0.39, 0.29) is 60.3 Å². The fourth-order valence-corrected chi connectivity index (χ4v) is 7.46. The second kappa shape index (κ2) is 11.3. The summed E-state index contributed by atoms with van der Waals surface area (Å²) in [6.07, 6.45) is 1.93. The molecule has 0 spiro atoms. The van der Waals surface area contributed by atoms with Crippen molar-refractivity contribution >= 4 is 55.0 Å². The lowest BCUT2D eigenvalue weighted by molar-refractivity contribution is 0.0636. The number of nitrogens with zero attached hydrogens (tertiary/aromatic N) is 4. The number of nitrogens with one attached hydrogen (secondary N) is 1. The molecule has 234 valence electrons. The van der Waals surface area contributed by atoms with E-state index < -0.39 is 34.7 Å². The average molecular weight is 658 g/mol. The maximum Gasteiger partial charge on any atom is 0.412 e. The second-order valence-electron chi connectivity index (χ2n) is 12.1. The Kier molecular flexibility index (Phi) is 7.79. The zero-order valence-corrected chi connectivity index (χ0v) is 26.0. The molecule has 2 fully saturated rings. The fourth-order valence-electron chi connectivity index (χ4n) is 6.09. The Morgan fingerprint density at radius 1 is 1.33 bits per heavy atom. The lowest BCUT2D eigenvalue weighted by Gasteiger charge is -2.30. The summed E-state index contributed by atoms with van der Waals surface area (Å²) in [7, 11) is 0. The van der Waals surface area contributed by atoms with E-state index >= 15 is 8.78 Å². The van der Waals surface area contributed by atoms with Gasteiger partial charge in [0.15, 0.2) is 5.82 Å². The van der Waals surface area contributed by atoms with E-state index in [9.17, 15) is 19.6 Å². The first-order valence-electron chi connectivity index (χ1n) is 14.0. The number of nitriles is 1. The molecule has 1 amide bonds. The van der Waals surface area contributed by atoms with E-state index in [4.69, 9.17) is 21.1 Å². The Balaban J connectivity index is 1.43. The quantitative estimate of drug-likeness (QED) is 0.223. The van der Waals surface area contributed by atoms with Crippen molar-refractivity contribution in [2.24, 2.45) is 0 Å². The van der Waals surface area contributed by atoms with Crippen LogP contribution in [0.3, 0.4) is 0 Å². The van der Waals surface area contributed by atoms with Crippen LogP contribution >= 0.6 is 22.9 Å². The van der Waals surface area contributed by atoms with E-state index in [0.717, 1.165) is 36.8 Å². The third kappa shape index (κ3) is 5.51. The highest BCUT2D eigenvalue weighted by Gasteiger charge is 2.47. The van der Waals surface area contributed by atoms with E-state index in [0.29, 0.717) is 24.9 Å². The molecule has 0 saturated carbocycles. The number of aromatic hydroxyl groups is 1. The van der Waals surface area contributed by atoms with Gasteiger partial charge >= 0.3 is 12.1 Å². The zero-order valence-electron chi connectivity index (χ0n) is 24.4. The van der Waals surface area contributed by atoms with Crippen molar-refractivity contribution in [1.29, 1.82) is 5.26 Å². The van der Waals surface area contributed by atoms with Crippen LogP contribution in [0.25, 0.3) is 32.1 Å². The summed E-state index contributed by atoms with van der Waals surface area (Å²) in [5.74, 6) is -2.23. The fraction of sp³-hybridized carbons (Fsp3) is 0.355. The van der Waals surface area contributed by atoms with Crippen LogP contribution in [0.2, 0.25) is 5.02 Å². The van der Waals surface area contributed by atoms with Crippen molar-refractivity contribution in [3.05, 3.63) is 52.3 Å². The normalized spacial score (nSPS) is 19.3. The molecule has 6 rings (SSSR count). The van der Waals surface area contributed by atoms with Gasteiger partial charge < -0.3 is 14.6 Å². The summed E-state index contributed by atoms with van der Waals surface area (Å²) in [5.41, 5.74) is -1.18. The molecule has 2 aliphatic rings. The minimum atomic E-state index is -0.964. The molecule has 4 heterocycles. The first-order valence-corrected chi connectivity index (χ1v) is 15.2. The third-order valence-electron chi connectivity index (χ3n) is 7.94. The van der Waals surface area contributed by atoms with Gasteiger partial charge in [-0.15, -0.1) is 11.3 Å². The van der Waals surface area contributed by atoms with Crippen molar-refractivity contribution in [2.75, 3.05) is 25.0 Å². The average Bonchev–Trinajstić information content (AvgIpc) is 3.63. The zero-order chi connectivity index (χ0) is 32.3. The van der Waals surface area contributed by atoms with Crippen LogP contribution in [0.15, 0.2) is 30.1 Å². The molecule has 2 aromatic carbocycles. The number of rotatable bonds is 5. The van der Waals surface area contributed by atoms with Gasteiger partial charge in [-0.05, 0) is 69.8 Å². The summed E-state index contributed by atoms with van der Waals surface area (Å²) in [6.45, 7) is 6.38. The number of fused-ring (bicyclic) bond motifs is 3. The standard InChI is InChI=1S/C31H27ClF3N5O4S/c1-30(2,3)44-29(42)39-27-18(12-36)21-16(5-6-20(34)25(21)45-27)22-19(32)9-17-24(23(22)35)37-28(38-26(17)41)43-14-31-7-4-8-40(31)13-15(10-31)11-33/h5-6,9,11H,4,7-8,10,13-14H2,1-3H3,(H,39,42)(H,37,38,41)/b15-11-/t31-/m0/s1. The molecule has 2 aromatic heterocycles. The van der Waals surface area contributed by atoms with E-state index in [2.05, 4.69) is 20.2 Å². The van der Waals surface area contributed by atoms with Gasteiger partial charge in [0.2, 0.25) is 5.88 Å². The second-order valence-corrected chi connectivity index (χ2v) is 13.5. The van der Waals surface area contributed by atoms with Crippen LogP contribution in [0, 0.1) is 23.0 Å². The monoisotopic (exact) mass is 657 g/mol. The first kappa shape index (κ1) is 30.9. The Morgan fingerprint density at radius 3 is 2.82 bits per heavy atom. The van der Waals surface area contributed by atoms with E-state index in [1.165, 1.54) is 12.1 Å². The lowest BCUT2D eigenvalue weighted by Crippen LogP contribution is -2.43. The Hall–Kier alpha value is -4.12. The molecule has 45 heavy (non-hydrogen) atoms. The van der Waals surface area contributed by atoms with Gasteiger partial charge in [-0.1, -0.05) is 17.7 Å². The number of carbonyl (C=O) groups is 1. The summed E-state index contributed by atoms with van der Waals surface area (Å²) in [4.78, 5) is 22.9. The highest BCUT2D eigenvalue weighted by atomic mass is 35.5. The minimum Gasteiger partial charge on any atom is -0.493 e. The lowest BCUT2D eigenvalue weighted by atomic mass is 9.94. The summed E-state index contributed by atoms with van der Waals surface area (Å²) >= 11 is 7.34. The topological polar surface area (TPSA) is 121 Å². The first-order chi connectivity index (χ1) is 21.3. The maximum atomic E-state index is 16.4. The molecule has 2 N–H and O–H groups in total. The van der Waals surface area contributed by atoms with E-state index in [1.54, 1.807) is 20.8 Å². The number of anilines is 1. The highest BCUT2D eigenvalue weighted by Crippen LogP contribution is 2.47. The maximum absolute atomic E-state index is 16.4. The van der Waals surface area contributed by atoms with Crippen molar-refractivity contribution < 1.29 is 32.5 Å². The smallest absolute Gasteiger partial charge is 0.412 e. The van der Waals surface area contributed by atoms with Crippen LogP contribution in [-0.4, -0.2) is 56.9 Å². The molecule has 14 heteroatoms. The summed E-state index contributed by atoms with van der Waals surface area (Å²) in [6, 6.07) is 5.35. The Morgan fingerprint density at radius 2 is 2.11 bits per heavy atom. The molecule has 2 aliphatic heterocycles. The molecule has 9 nitrogen and oxygen atoms in total. The molecule has 0 radical (unpaired) electrons. The molecule has 1 atom stereocenters. The van der Waals surface area contributed by atoms with Crippen molar-refractivity contribution in [3.63, 3.8) is 0 Å². The van der Waals surface area contributed by atoms with Crippen LogP contribution < -0.4 is 10.1 Å². The van der Waals surface area contributed by atoms with Crippen LogP contribution in [0.5, 0.6) is 11.9 Å². The van der Waals surface area contributed by atoms with Gasteiger partial charge in [0.25, 0.3) is 0 Å². The van der Waals surface area contributed by atoms with Gasteiger partial charge in [0.05, 0.1) is 32.5 Å². The van der Waals surface area contributed by atoms with Gasteiger partial charge in [0, 0.05) is 17.5 Å². The van der Waals surface area contributed by atoms with Crippen LogP contribution in [-0.2, 0) is 4.74 Å². The molecular formula is C31H27ClF3N5O4S. The molecule has 4 aromatic rings. The predicted molar refractivity (Wildman–Crippen MR) is 164 cm³/mol. The Labute approximate surface area is 264 Å². The molecule has 0 bridgehead atoms. The number of halogens is 4. The van der Waals surface area contributed by atoms with Gasteiger partial charge in [-0.3, -0.25) is 10.2 Å². The number of ether oxygens (including phenoxy) is 2. The van der Waals surface area contributed by atoms with Crippen molar-refractivity contribution in [1.82, 2.24) is 14.9 Å². The summed E-state index contributed by atoms with van der Waals surface area (Å²) in [5, 5.41) is 23.1. The highest BCUT2D eigenvalue weighted by molar-refractivity contribution is 7.23. The van der Waals surface area contributed by atoms with Gasteiger partial charge in [-0.2, -0.15) is 15.2 Å². The number of aromatic nitrogens is 2. The predicted octanol–water partition coefficient (Wildman–Crippen LogP) is 7.84. The van der Waals surface area contributed by atoms with Gasteiger partial charge in [-0.25, -0.2) is 18.0 Å². The minimum absolute atomic E-state index is 0.0130. The van der Waals surface area contributed by atoms with Crippen molar-refractivity contribution in [2.45, 2.75) is 51.2 Å². The third-order valence-corrected chi connectivity index (χ3v) is 9.36. The molecule has 0 aliphatic carbocycles. The molecular weight excluding hydrogens is 631 g/mol. The van der Waals surface area contributed by atoms with E-state index in [1.807, 2.05) is 6.07 Å². The number of carbonyl (C=O) groups excluding carboxylic acids is 1.